The number of fused-ring (bicyclic) bond motifs is 7. The van der Waals surface area contributed by atoms with Crippen molar-refractivity contribution in [2.75, 3.05) is 0 Å². The minimum Gasteiger partial charge on any atom is -0.358 e. The summed E-state index contributed by atoms with van der Waals surface area (Å²) < 4.78 is 0. The molecule has 11 saturated carbocycles. The van der Waals surface area contributed by atoms with E-state index in [0.717, 1.165) is 183 Å². The Balaban J connectivity index is -0.0000000848. The molecule has 0 saturated heterocycles. The fraction of sp³-hybridized carbons (Fsp3) is 0.692. The van der Waals surface area contributed by atoms with Crippen LogP contribution in [0.4, 0.5) is 0 Å². The van der Waals surface area contributed by atoms with Gasteiger partial charge in [-0.2, -0.15) is 0 Å². The van der Waals surface area contributed by atoms with Crippen LogP contribution in [0.25, 0.3) is 0 Å². The average molecular weight is 2070 g/mol. The van der Waals surface area contributed by atoms with Crippen molar-refractivity contribution >= 4 is 0 Å². The molecule has 11 atom stereocenters. The fourth-order valence-corrected chi connectivity index (χ4v) is 21.7. The molecule has 0 aromatic carbocycles. The van der Waals surface area contributed by atoms with Gasteiger partial charge in [-0.1, -0.05) is 226 Å². The van der Waals surface area contributed by atoms with E-state index in [1.54, 1.807) is 33.4 Å². The largest absolute Gasteiger partial charge is 4.00 e. The molecule has 0 aromatic heterocycles. The molecule has 0 nitrogen and oxygen atoms in total. The second kappa shape index (κ2) is 63.4. The van der Waals surface area contributed by atoms with Crippen LogP contribution in [0.1, 0.15) is 275 Å². The van der Waals surface area contributed by atoms with E-state index >= 15 is 0 Å². The minimum atomic E-state index is 0. The maximum atomic E-state index is 2.62. The molecule has 15 aliphatic rings. The zero-order chi connectivity index (χ0) is 64.2. The molecule has 15 rings (SSSR count). The first-order valence-corrected chi connectivity index (χ1v) is 39.3. The van der Waals surface area contributed by atoms with Crippen molar-refractivity contribution in [2.24, 2.45) is 183 Å². The van der Waals surface area contributed by atoms with Gasteiger partial charge in [0, 0.05) is 0 Å². The molecule has 0 N–H and O–H groups in total. The molecule has 0 spiro atoms. The molecule has 15 aliphatic carbocycles. The van der Waals surface area contributed by atoms with Crippen molar-refractivity contribution in [3.63, 3.8) is 0 Å². The number of rotatable bonds is 0. The van der Waals surface area contributed by atoms with Crippen LogP contribution in [0.15, 0.2) is 94.2 Å². The summed E-state index contributed by atoms with van der Waals surface area (Å²) in [7, 11) is 0. The predicted molar refractivity (Wildman–Crippen MR) is 491 cm³/mol. The zero-order valence-electron chi connectivity index (χ0n) is 80.4. The van der Waals surface area contributed by atoms with E-state index in [1.807, 2.05) is 0 Å². The predicted octanol–water partition coefficient (Wildman–Crippen LogP) is 33.5. The Labute approximate surface area is 767 Å². The van der Waals surface area contributed by atoms with E-state index in [1.165, 1.54) is 116 Å². The van der Waals surface area contributed by atoms with Gasteiger partial charge in [0.2, 0.25) is 0 Å². The van der Waals surface area contributed by atoms with Crippen LogP contribution < -0.4 is 0 Å². The van der Waals surface area contributed by atoms with Gasteiger partial charge in [-0.05, 0) is 326 Å². The van der Waals surface area contributed by atoms with Gasteiger partial charge < -0.3 is 119 Å². The normalized spacial score (nSPS) is 39.1. The van der Waals surface area contributed by atoms with Crippen molar-refractivity contribution in [2.45, 2.75) is 275 Å². The Morgan fingerprint density at radius 3 is 0.574 bits per heavy atom. The van der Waals surface area contributed by atoms with Crippen LogP contribution in [0.3, 0.4) is 0 Å². The third kappa shape index (κ3) is 33.2. The third-order valence-corrected chi connectivity index (χ3v) is 31.7. The van der Waals surface area contributed by atoms with Crippen molar-refractivity contribution in [1.29, 1.82) is 0 Å². The number of allylic oxidation sites excluding steroid dienone is 16. The van der Waals surface area contributed by atoms with E-state index in [4.69, 9.17) is 0 Å². The molecule has 0 bridgehead atoms. The SMILES string of the molecule is C1=C2CCCC2=CC2CCCC12.CC1C(C)C(C)C(C)C1C.CC1C(C)C(C)C(C)C1C.CC1C(C)C(C)C(C)C1C.CC1C(C)C(C)C(C)C1C.CC1CCC2C=C3CCCC3=CC12.CC1CCC2C=C3CCCC3=CC12.CC1CCC2C=CC=CC12.[CH3-].[CH3-].[CH3-].[CH3-].[CH3-].[CH3-].[CH3-].[CH3-].[CH3-].[CH3-].[CH3-].[CH3-].[CH3-].[CH3-].[CH3-].[CH3-].[Hf+4].[Hf+4].[Hf+4].[Zr+4]. The van der Waals surface area contributed by atoms with E-state index < -0.39 is 0 Å². The Morgan fingerprint density at radius 2 is 0.361 bits per heavy atom. The van der Waals surface area contributed by atoms with Crippen molar-refractivity contribution in [1.82, 2.24) is 0 Å². The fourth-order valence-electron chi connectivity index (χ4n) is 21.7. The minimum absolute atomic E-state index is 0. The number of hydrogen-bond donors (Lipinski definition) is 0. The summed E-state index contributed by atoms with van der Waals surface area (Å²) in [6.45, 7) is 55.2. The topological polar surface area (TPSA) is 0 Å². The second-order valence-electron chi connectivity index (χ2n) is 35.3. The molecule has 11 fully saturated rings. The summed E-state index contributed by atoms with van der Waals surface area (Å²) in [5, 5.41) is 0. The summed E-state index contributed by atoms with van der Waals surface area (Å²) in [4.78, 5) is 0. The Hall–Kier alpha value is 1.41. The molecule has 108 heavy (non-hydrogen) atoms. The van der Waals surface area contributed by atoms with Crippen LogP contribution in [0, 0.1) is 302 Å². The maximum absolute atomic E-state index is 2.62. The molecular weight excluding hydrogens is 1880 g/mol. The summed E-state index contributed by atoms with van der Waals surface area (Å²) in [6, 6.07) is 0. The van der Waals surface area contributed by atoms with Gasteiger partial charge in [0.1, 0.15) is 0 Å². The molecule has 0 heterocycles. The van der Waals surface area contributed by atoms with Crippen LogP contribution in [-0.4, -0.2) is 0 Å². The maximum Gasteiger partial charge on any atom is 4.00 e. The Morgan fingerprint density at radius 1 is 0.185 bits per heavy atom. The van der Waals surface area contributed by atoms with Crippen LogP contribution in [0.5, 0.6) is 0 Å². The first-order valence-electron chi connectivity index (χ1n) is 39.3. The first-order chi connectivity index (χ1) is 41.7. The van der Waals surface area contributed by atoms with Crippen LogP contribution >= 0.6 is 0 Å². The monoisotopic (exact) mass is 2070 g/mol. The first kappa shape index (κ1) is 138. The van der Waals surface area contributed by atoms with Crippen LogP contribution in [0.2, 0.25) is 0 Å². The summed E-state index contributed by atoms with van der Waals surface area (Å²) in [5.74, 6) is 28.7. The summed E-state index contributed by atoms with van der Waals surface area (Å²) >= 11 is 0. The van der Waals surface area contributed by atoms with E-state index in [9.17, 15) is 0 Å². The smallest absolute Gasteiger partial charge is 0.358 e. The molecule has 0 aliphatic heterocycles. The number of hydrogen-bond acceptors (Lipinski definition) is 0. The average Bonchev–Trinajstić information content (AvgIpc) is 1.65. The quantitative estimate of drug-likeness (QED) is 0.168. The molecule has 0 amide bonds. The van der Waals surface area contributed by atoms with Gasteiger partial charge in [0.25, 0.3) is 0 Å². The van der Waals surface area contributed by atoms with Gasteiger partial charge in [-0.25, -0.2) is 0 Å². The van der Waals surface area contributed by atoms with Gasteiger partial charge in [0.05, 0.1) is 0 Å². The molecule has 0 aromatic rings. The van der Waals surface area contributed by atoms with E-state index in [2.05, 4.69) is 220 Å². The third-order valence-electron chi connectivity index (χ3n) is 31.7. The zero-order valence-corrected chi connectivity index (χ0v) is 93.6. The summed E-state index contributed by atoms with van der Waals surface area (Å²) in [5.41, 5.74) is 10.2. The molecule has 626 valence electrons. The molecule has 0 radical (unpaired) electrons. The van der Waals surface area contributed by atoms with E-state index in [-0.39, 0.29) is 223 Å². The van der Waals surface area contributed by atoms with Crippen molar-refractivity contribution in [3.05, 3.63) is 213 Å². The molecule has 11 unspecified atom stereocenters. The van der Waals surface area contributed by atoms with Gasteiger partial charge in [-0.3, -0.25) is 0 Å². The Kier molecular flexibility index (Phi) is 81.3. The molecule has 4 heteroatoms. The van der Waals surface area contributed by atoms with Gasteiger partial charge in [-0.15, -0.1) is 0 Å². The van der Waals surface area contributed by atoms with Gasteiger partial charge >= 0.3 is 104 Å². The Bertz CT molecular complexity index is 2100. The second-order valence-corrected chi connectivity index (χ2v) is 35.3. The van der Waals surface area contributed by atoms with Crippen molar-refractivity contribution in [3.8, 4) is 0 Å². The van der Waals surface area contributed by atoms with Crippen LogP contribution in [-0.2, 0) is 104 Å². The van der Waals surface area contributed by atoms with E-state index in [0.29, 0.717) is 0 Å². The standard InChI is InChI=1S/2C13H18.C12H16.C10H14.4C10H20.16CH3.3Hf.Zr/c2*1-9-5-6-12-7-10-3-2-4-11(10)8-13(9)12;1-3-9-7-11-5-2-6-12(11)8-10(9)4-1;1-8-6-7-9-4-2-3-5-10(8)9;4*1-6-7(2)9(4)10(5)8(6)3;;;;;;;;;;;;;;;;;;;;/h2*7-9,12-13H,2-6H2,1H3;7-10H,1-6H2;2-5,8-10H,6-7H2,1H3;4*6-10H,1-5H3;16*1H3;;;;/q;;;;;;;;16*-1;4*+4. The van der Waals surface area contributed by atoms with Crippen molar-refractivity contribution < 1.29 is 104 Å². The molecular formula is C104H194Hf3Zr. The summed E-state index contributed by atoms with van der Waals surface area (Å²) in [6.07, 6.45) is 50.2. The van der Waals surface area contributed by atoms with Gasteiger partial charge in [0.15, 0.2) is 0 Å².